The van der Waals surface area contributed by atoms with Crippen LogP contribution in [-0.4, -0.2) is 83.2 Å². The summed E-state index contributed by atoms with van der Waals surface area (Å²) in [5.74, 6) is 0.779. The Balaban J connectivity index is 1.17. The van der Waals surface area contributed by atoms with Gasteiger partial charge in [-0.1, -0.05) is 12.1 Å². The van der Waals surface area contributed by atoms with Crippen LogP contribution in [0.15, 0.2) is 55.0 Å². The van der Waals surface area contributed by atoms with Gasteiger partial charge in [-0.25, -0.2) is 9.97 Å². The molecule has 1 atom stereocenters. The molecule has 39 heavy (non-hydrogen) atoms. The number of fused-ring (bicyclic) bond motifs is 1. The summed E-state index contributed by atoms with van der Waals surface area (Å²) in [7, 11) is 1.78. The maximum absolute atomic E-state index is 13.3. The number of aromatic nitrogens is 4. The fraction of sp³-hybridized carbons (Fsp3) is 0.379. The summed E-state index contributed by atoms with van der Waals surface area (Å²) in [6, 6.07) is 14.1. The molecule has 0 unspecified atom stereocenters. The topological polar surface area (TPSA) is 116 Å². The van der Waals surface area contributed by atoms with E-state index in [9.17, 15) is 4.79 Å². The summed E-state index contributed by atoms with van der Waals surface area (Å²) in [5.41, 5.74) is 11.2. The maximum Gasteiger partial charge on any atom is 0.276 e. The summed E-state index contributed by atoms with van der Waals surface area (Å²) in [5, 5.41) is 0.989. The van der Waals surface area contributed by atoms with E-state index >= 15 is 0 Å². The van der Waals surface area contributed by atoms with Crippen LogP contribution in [0.4, 0.5) is 11.5 Å². The molecular weight excluding hydrogens is 492 g/mol. The van der Waals surface area contributed by atoms with Gasteiger partial charge in [-0.05, 0) is 60.8 Å². The van der Waals surface area contributed by atoms with Crippen LogP contribution in [0.3, 0.4) is 0 Å². The van der Waals surface area contributed by atoms with Crippen molar-refractivity contribution in [1.29, 1.82) is 0 Å². The molecule has 202 valence electrons. The fourth-order valence-corrected chi connectivity index (χ4v) is 5.45. The summed E-state index contributed by atoms with van der Waals surface area (Å²) in [4.78, 5) is 36.3. The lowest BCUT2D eigenvalue weighted by molar-refractivity contribution is 0.0988. The average molecular weight is 527 g/mol. The molecule has 2 fully saturated rings. The number of likely N-dealkylation sites (tertiary alicyclic amines) is 1. The number of aromatic amines is 1. The number of carbonyl (C=O) groups is 1. The number of nitrogens with one attached hydrogen (secondary N) is 1. The van der Waals surface area contributed by atoms with Gasteiger partial charge in [0.05, 0.1) is 18.6 Å². The Labute approximate surface area is 227 Å². The molecule has 10 heteroatoms. The van der Waals surface area contributed by atoms with Gasteiger partial charge in [0.25, 0.3) is 5.91 Å². The molecule has 0 bridgehead atoms. The van der Waals surface area contributed by atoms with Crippen LogP contribution >= 0.6 is 0 Å². The quantitative estimate of drug-likeness (QED) is 0.394. The molecule has 0 radical (unpaired) electrons. The third-order valence-electron chi connectivity index (χ3n) is 7.58. The van der Waals surface area contributed by atoms with E-state index in [-0.39, 0.29) is 11.9 Å². The second-order valence-corrected chi connectivity index (χ2v) is 10.3. The van der Waals surface area contributed by atoms with Crippen molar-refractivity contribution in [3.05, 3.63) is 66.2 Å². The Kier molecular flexibility index (Phi) is 7.23. The maximum atomic E-state index is 13.3. The van der Waals surface area contributed by atoms with Crippen molar-refractivity contribution in [1.82, 2.24) is 24.8 Å². The highest BCUT2D eigenvalue weighted by molar-refractivity contribution is 6.04. The first-order valence-corrected chi connectivity index (χ1v) is 13.5. The summed E-state index contributed by atoms with van der Waals surface area (Å²) >= 11 is 0. The van der Waals surface area contributed by atoms with Gasteiger partial charge in [0.15, 0.2) is 0 Å². The molecule has 3 N–H and O–H groups in total. The number of H-pyrrole nitrogens is 1. The van der Waals surface area contributed by atoms with Gasteiger partial charge in [0, 0.05) is 56.8 Å². The number of ether oxygens (including phenoxy) is 1. The zero-order valence-electron chi connectivity index (χ0n) is 22.2. The largest absolute Gasteiger partial charge is 0.378 e. The molecule has 5 heterocycles. The molecular formula is C29H34N8O2. The van der Waals surface area contributed by atoms with Crippen LogP contribution < -0.4 is 15.5 Å². The Morgan fingerprint density at radius 2 is 1.92 bits per heavy atom. The number of pyridine rings is 1. The Morgan fingerprint density at radius 1 is 1.10 bits per heavy atom. The standard InChI is InChI=1S/C29H34N8O2/c1-35(29(38)26-15-20(8-9-31-26)17-36-10-2-3-22(30)18-36)23-6-4-21(5-7-23)25-16-24-27(34-25)32-19-33-28(24)37-11-13-39-14-12-37/h4-9,15-16,19,22H,2-3,10-14,17-18,30H2,1H3,(H,32,33,34)/t22-/m1/s1. The van der Waals surface area contributed by atoms with E-state index in [0.717, 1.165) is 84.9 Å². The van der Waals surface area contributed by atoms with E-state index < -0.39 is 0 Å². The van der Waals surface area contributed by atoms with Gasteiger partial charge in [-0.2, -0.15) is 0 Å². The predicted octanol–water partition coefficient (Wildman–Crippen LogP) is 3.06. The van der Waals surface area contributed by atoms with E-state index in [4.69, 9.17) is 10.5 Å². The van der Waals surface area contributed by atoms with Crippen LogP contribution in [-0.2, 0) is 11.3 Å². The zero-order valence-corrected chi connectivity index (χ0v) is 22.2. The van der Waals surface area contributed by atoms with Gasteiger partial charge in [0.1, 0.15) is 23.5 Å². The number of amides is 1. The number of hydrogen-bond donors (Lipinski definition) is 2. The molecule has 1 amide bonds. The molecule has 2 saturated heterocycles. The van der Waals surface area contributed by atoms with E-state index in [1.807, 2.05) is 36.4 Å². The van der Waals surface area contributed by atoms with E-state index in [0.29, 0.717) is 18.9 Å². The number of nitrogens with zero attached hydrogens (tertiary/aromatic N) is 6. The lowest BCUT2D eigenvalue weighted by Crippen LogP contribution is -2.42. The van der Waals surface area contributed by atoms with Crippen LogP contribution in [0, 0.1) is 0 Å². The minimum Gasteiger partial charge on any atom is -0.378 e. The second-order valence-electron chi connectivity index (χ2n) is 10.3. The number of hydrogen-bond acceptors (Lipinski definition) is 8. The van der Waals surface area contributed by atoms with Crippen molar-refractivity contribution in [2.45, 2.75) is 25.4 Å². The smallest absolute Gasteiger partial charge is 0.276 e. The summed E-state index contributed by atoms with van der Waals surface area (Å²) in [6.45, 7) is 5.71. The van der Waals surface area contributed by atoms with Gasteiger partial charge in [-0.15, -0.1) is 0 Å². The first-order valence-electron chi connectivity index (χ1n) is 13.5. The Bertz CT molecular complexity index is 1450. The molecule has 2 aliphatic heterocycles. The first kappa shape index (κ1) is 25.4. The first-order chi connectivity index (χ1) is 19.0. The molecule has 6 rings (SSSR count). The minimum atomic E-state index is -0.143. The van der Waals surface area contributed by atoms with E-state index in [1.54, 1.807) is 24.5 Å². The zero-order chi connectivity index (χ0) is 26.8. The van der Waals surface area contributed by atoms with Crippen LogP contribution in [0.25, 0.3) is 22.3 Å². The predicted molar refractivity (Wildman–Crippen MR) is 152 cm³/mol. The van der Waals surface area contributed by atoms with E-state index in [2.05, 4.69) is 35.8 Å². The number of anilines is 2. The average Bonchev–Trinajstić information content (AvgIpc) is 3.42. The highest BCUT2D eigenvalue weighted by Gasteiger charge is 2.20. The Morgan fingerprint density at radius 3 is 2.72 bits per heavy atom. The second kappa shape index (κ2) is 11.1. The molecule has 0 saturated carbocycles. The van der Waals surface area contributed by atoms with Gasteiger partial charge >= 0.3 is 0 Å². The molecule has 2 aliphatic rings. The lowest BCUT2D eigenvalue weighted by Gasteiger charge is -2.30. The van der Waals surface area contributed by atoms with Crippen LogP contribution in [0.5, 0.6) is 0 Å². The number of morpholine rings is 1. The van der Waals surface area contributed by atoms with Gasteiger partial charge < -0.3 is 25.3 Å². The monoisotopic (exact) mass is 526 g/mol. The van der Waals surface area contributed by atoms with Crippen molar-refractivity contribution in [3.8, 4) is 11.3 Å². The molecule has 1 aromatic carbocycles. The molecule has 0 aliphatic carbocycles. The number of piperidine rings is 1. The van der Waals surface area contributed by atoms with Crippen molar-refractivity contribution >= 4 is 28.4 Å². The van der Waals surface area contributed by atoms with Gasteiger partial charge in [0.2, 0.25) is 0 Å². The van der Waals surface area contributed by atoms with Crippen molar-refractivity contribution in [2.75, 3.05) is 56.2 Å². The lowest BCUT2D eigenvalue weighted by atomic mass is 10.1. The molecule has 0 spiro atoms. The SMILES string of the molecule is CN(C(=O)c1cc(CN2CCC[C@@H](N)C2)ccn1)c1ccc(-c2cc3c(N4CCOCC4)ncnc3[nH]2)cc1. The fourth-order valence-electron chi connectivity index (χ4n) is 5.45. The minimum absolute atomic E-state index is 0.143. The summed E-state index contributed by atoms with van der Waals surface area (Å²) < 4.78 is 5.49. The molecule has 10 nitrogen and oxygen atoms in total. The van der Waals surface area contributed by atoms with E-state index in [1.165, 1.54) is 0 Å². The molecule has 3 aromatic heterocycles. The van der Waals surface area contributed by atoms with Crippen molar-refractivity contribution in [2.24, 2.45) is 5.73 Å². The third-order valence-corrected chi connectivity index (χ3v) is 7.58. The van der Waals surface area contributed by atoms with Crippen LogP contribution in [0.1, 0.15) is 28.9 Å². The highest BCUT2D eigenvalue weighted by atomic mass is 16.5. The molecule has 4 aromatic rings. The normalized spacial score (nSPS) is 18.4. The number of carbonyl (C=O) groups excluding carboxylic acids is 1. The van der Waals surface area contributed by atoms with Crippen molar-refractivity contribution < 1.29 is 9.53 Å². The highest BCUT2D eigenvalue weighted by Crippen LogP contribution is 2.30. The number of nitrogens with two attached hydrogens (primary N) is 1. The van der Waals surface area contributed by atoms with Gasteiger partial charge in [-0.3, -0.25) is 14.7 Å². The number of rotatable bonds is 6. The van der Waals surface area contributed by atoms with Crippen molar-refractivity contribution in [3.63, 3.8) is 0 Å². The number of benzene rings is 1. The third kappa shape index (κ3) is 5.49. The Hall–Kier alpha value is -3.86. The van der Waals surface area contributed by atoms with Crippen LogP contribution in [0.2, 0.25) is 0 Å². The summed E-state index contributed by atoms with van der Waals surface area (Å²) in [6.07, 6.45) is 5.50.